The second-order valence-electron chi connectivity index (χ2n) is 5.46. The number of hydrogen-bond donors (Lipinski definition) is 2. The Morgan fingerprint density at radius 3 is 2.96 bits per heavy atom. The van der Waals surface area contributed by atoms with Gasteiger partial charge in [-0.25, -0.2) is 0 Å². The highest BCUT2D eigenvalue weighted by molar-refractivity contribution is 6.06. The van der Waals surface area contributed by atoms with Crippen LogP contribution in [0, 0.1) is 0 Å². The van der Waals surface area contributed by atoms with E-state index in [2.05, 4.69) is 15.3 Å². The van der Waals surface area contributed by atoms with E-state index in [1.165, 1.54) is 0 Å². The fourth-order valence-corrected chi connectivity index (χ4v) is 2.68. The predicted molar refractivity (Wildman–Crippen MR) is 91.4 cm³/mol. The summed E-state index contributed by atoms with van der Waals surface area (Å²) in [4.78, 5) is 19.8. The van der Waals surface area contributed by atoms with Gasteiger partial charge in [-0.2, -0.15) is 0 Å². The minimum absolute atomic E-state index is 0.108. The summed E-state index contributed by atoms with van der Waals surface area (Å²) in [6.07, 6.45) is 5.06. The van der Waals surface area contributed by atoms with Gasteiger partial charge in [-0.05, 0) is 35.9 Å². The molecule has 0 atom stereocenters. The van der Waals surface area contributed by atoms with Crippen molar-refractivity contribution >= 4 is 16.8 Å². The second kappa shape index (κ2) is 6.04. The number of nitrogens with zero attached hydrogens (tertiary/aromatic N) is 1. The standard InChI is InChI=1S/C19H15N3O2/c23-19(15-12-21-16-5-2-1-4-14(15)16)22-11-13-7-8-20-17(10-13)18-6-3-9-24-18/h1-10,12,21H,11H2,(H,22,23). The Kier molecular flexibility index (Phi) is 3.59. The van der Waals surface area contributed by atoms with Gasteiger partial charge in [0.2, 0.25) is 0 Å². The number of benzene rings is 1. The molecule has 1 aromatic carbocycles. The molecule has 4 aromatic rings. The lowest BCUT2D eigenvalue weighted by Crippen LogP contribution is -2.22. The van der Waals surface area contributed by atoms with Gasteiger partial charge in [-0.1, -0.05) is 18.2 Å². The highest BCUT2D eigenvalue weighted by atomic mass is 16.3. The van der Waals surface area contributed by atoms with Crippen molar-refractivity contribution in [1.82, 2.24) is 15.3 Å². The zero-order valence-corrected chi connectivity index (χ0v) is 12.8. The van der Waals surface area contributed by atoms with Crippen LogP contribution in [0.1, 0.15) is 15.9 Å². The molecule has 4 rings (SSSR count). The van der Waals surface area contributed by atoms with Gasteiger partial charge in [0.05, 0.1) is 11.8 Å². The number of aromatic amines is 1. The first-order chi connectivity index (χ1) is 11.8. The molecule has 0 unspecified atom stereocenters. The average Bonchev–Trinajstić information content (AvgIpc) is 3.29. The number of fused-ring (bicyclic) bond motifs is 1. The van der Waals surface area contributed by atoms with Crippen LogP contribution >= 0.6 is 0 Å². The van der Waals surface area contributed by atoms with Crippen LogP contribution in [0.4, 0.5) is 0 Å². The maximum absolute atomic E-state index is 12.4. The third-order valence-electron chi connectivity index (χ3n) is 3.88. The van der Waals surface area contributed by atoms with Crippen molar-refractivity contribution in [2.24, 2.45) is 0 Å². The van der Waals surface area contributed by atoms with E-state index in [4.69, 9.17) is 4.42 Å². The molecule has 0 bridgehead atoms. The van der Waals surface area contributed by atoms with Gasteiger partial charge in [-0.15, -0.1) is 0 Å². The quantitative estimate of drug-likeness (QED) is 0.602. The fraction of sp³-hybridized carbons (Fsp3) is 0.0526. The number of hydrogen-bond acceptors (Lipinski definition) is 3. The van der Waals surface area contributed by atoms with E-state index in [0.29, 0.717) is 17.9 Å². The summed E-state index contributed by atoms with van der Waals surface area (Å²) < 4.78 is 5.35. The van der Waals surface area contributed by atoms with E-state index in [0.717, 1.165) is 22.2 Å². The Morgan fingerprint density at radius 2 is 2.08 bits per heavy atom. The molecular weight excluding hydrogens is 302 g/mol. The van der Waals surface area contributed by atoms with E-state index in [-0.39, 0.29) is 5.91 Å². The van der Waals surface area contributed by atoms with Crippen molar-refractivity contribution < 1.29 is 9.21 Å². The molecule has 3 aromatic heterocycles. The summed E-state index contributed by atoms with van der Waals surface area (Å²) in [5.41, 5.74) is 3.31. The minimum Gasteiger partial charge on any atom is -0.463 e. The van der Waals surface area contributed by atoms with E-state index >= 15 is 0 Å². The number of carbonyl (C=O) groups is 1. The van der Waals surface area contributed by atoms with Crippen LogP contribution < -0.4 is 5.32 Å². The zero-order valence-electron chi connectivity index (χ0n) is 12.8. The van der Waals surface area contributed by atoms with Gasteiger partial charge < -0.3 is 14.7 Å². The summed E-state index contributed by atoms with van der Waals surface area (Å²) >= 11 is 0. The van der Waals surface area contributed by atoms with Crippen molar-refractivity contribution in [1.29, 1.82) is 0 Å². The highest BCUT2D eigenvalue weighted by Crippen LogP contribution is 2.19. The maximum Gasteiger partial charge on any atom is 0.253 e. The molecule has 1 amide bonds. The average molecular weight is 317 g/mol. The third-order valence-corrected chi connectivity index (χ3v) is 3.88. The van der Waals surface area contributed by atoms with Crippen LogP contribution in [-0.4, -0.2) is 15.9 Å². The summed E-state index contributed by atoms with van der Waals surface area (Å²) in [5, 5.41) is 3.87. The molecule has 24 heavy (non-hydrogen) atoms. The van der Waals surface area contributed by atoms with E-state index in [1.807, 2.05) is 48.5 Å². The number of rotatable bonds is 4. The third kappa shape index (κ3) is 2.67. The Balaban J connectivity index is 1.51. The SMILES string of the molecule is O=C(NCc1ccnc(-c2ccco2)c1)c1c[nH]c2ccccc12. The Morgan fingerprint density at radius 1 is 1.17 bits per heavy atom. The monoisotopic (exact) mass is 317 g/mol. The summed E-state index contributed by atoms with van der Waals surface area (Å²) in [6, 6.07) is 15.2. The molecule has 3 heterocycles. The molecule has 0 saturated heterocycles. The van der Waals surface area contributed by atoms with Gasteiger partial charge in [0.15, 0.2) is 5.76 Å². The Hall–Kier alpha value is -3.34. The van der Waals surface area contributed by atoms with Crippen molar-refractivity contribution in [3.8, 4) is 11.5 Å². The Bertz CT molecular complexity index is 987. The lowest BCUT2D eigenvalue weighted by atomic mass is 10.1. The summed E-state index contributed by atoms with van der Waals surface area (Å²) in [6.45, 7) is 0.425. The molecule has 0 fully saturated rings. The maximum atomic E-state index is 12.4. The van der Waals surface area contributed by atoms with Gasteiger partial charge in [0.25, 0.3) is 5.91 Å². The number of aromatic nitrogens is 2. The molecular formula is C19H15N3O2. The number of amides is 1. The first kappa shape index (κ1) is 14.3. The minimum atomic E-state index is -0.108. The van der Waals surface area contributed by atoms with Crippen LogP contribution in [-0.2, 0) is 6.54 Å². The van der Waals surface area contributed by atoms with E-state index < -0.39 is 0 Å². The summed E-state index contributed by atoms with van der Waals surface area (Å²) in [7, 11) is 0. The van der Waals surface area contributed by atoms with Gasteiger partial charge >= 0.3 is 0 Å². The van der Waals surface area contributed by atoms with Crippen LogP contribution in [0.25, 0.3) is 22.4 Å². The topological polar surface area (TPSA) is 70.9 Å². The van der Waals surface area contributed by atoms with Crippen LogP contribution in [0.3, 0.4) is 0 Å². The van der Waals surface area contributed by atoms with Crippen molar-refractivity contribution in [3.05, 3.63) is 78.3 Å². The van der Waals surface area contributed by atoms with Gasteiger partial charge in [-0.3, -0.25) is 9.78 Å². The number of carbonyl (C=O) groups excluding carboxylic acids is 1. The van der Waals surface area contributed by atoms with Crippen molar-refractivity contribution in [2.75, 3.05) is 0 Å². The molecule has 0 aliphatic carbocycles. The van der Waals surface area contributed by atoms with Crippen LogP contribution in [0.15, 0.2) is 71.6 Å². The zero-order chi connectivity index (χ0) is 16.4. The highest BCUT2D eigenvalue weighted by Gasteiger charge is 2.11. The number of H-pyrrole nitrogens is 1. The first-order valence-corrected chi connectivity index (χ1v) is 7.64. The molecule has 118 valence electrons. The molecule has 0 aliphatic rings. The fourth-order valence-electron chi connectivity index (χ4n) is 2.68. The molecule has 0 aliphatic heterocycles. The van der Waals surface area contributed by atoms with Gasteiger partial charge in [0, 0.05) is 29.8 Å². The lowest BCUT2D eigenvalue weighted by Gasteiger charge is -2.06. The molecule has 0 radical (unpaired) electrons. The van der Waals surface area contributed by atoms with Crippen molar-refractivity contribution in [2.45, 2.75) is 6.54 Å². The van der Waals surface area contributed by atoms with E-state index in [1.54, 1.807) is 18.7 Å². The molecule has 0 spiro atoms. The smallest absolute Gasteiger partial charge is 0.253 e. The van der Waals surface area contributed by atoms with Crippen LogP contribution in [0.5, 0.6) is 0 Å². The molecule has 5 heteroatoms. The lowest BCUT2D eigenvalue weighted by molar-refractivity contribution is 0.0952. The molecule has 2 N–H and O–H groups in total. The second-order valence-corrected chi connectivity index (χ2v) is 5.46. The van der Waals surface area contributed by atoms with Gasteiger partial charge in [0.1, 0.15) is 5.69 Å². The van der Waals surface area contributed by atoms with E-state index in [9.17, 15) is 4.79 Å². The number of pyridine rings is 1. The molecule has 5 nitrogen and oxygen atoms in total. The number of furan rings is 1. The largest absolute Gasteiger partial charge is 0.463 e. The Labute approximate surface area is 138 Å². The summed E-state index contributed by atoms with van der Waals surface area (Å²) in [5.74, 6) is 0.601. The predicted octanol–water partition coefficient (Wildman–Crippen LogP) is 3.75. The van der Waals surface area contributed by atoms with Crippen molar-refractivity contribution in [3.63, 3.8) is 0 Å². The first-order valence-electron chi connectivity index (χ1n) is 7.64. The number of nitrogens with one attached hydrogen (secondary N) is 2. The normalized spacial score (nSPS) is 10.8. The van der Waals surface area contributed by atoms with Crippen LogP contribution in [0.2, 0.25) is 0 Å². The molecule has 0 saturated carbocycles. The number of para-hydroxylation sites is 1.